The van der Waals surface area contributed by atoms with E-state index in [4.69, 9.17) is 0 Å². The number of hydrogen-bond acceptors (Lipinski definition) is 3. The number of benzene rings is 2. The summed E-state index contributed by atoms with van der Waals surface area (Å²) < 4.78 is 40.9. The molecule has 0 atom stereocenters. The molecule has 0 aliphatic rings. The average Bonchev–Trinajstić information content (AvgIpc) is 2.70. The molecule has 0 unspecified atom stereocenters. The third kappa shape index (κ3) is 3.85. The Kier molecular flexibility index (Phi) is 4.58. The number of pyridine rings is 2. The zero-order chi connectivity index (χ0) is 20.6. The summed E-state index contributed by atoms with van der Waals surface area (Å²) in [6.07, 6.45) is -3.14. The molecule has 2 aromatic carbocycles. The lowest BCUT2D eigenvalue weighted by Crippen LogP contribution is -2.16. The lowest BCUT2D eigenvalue weighted by molar-refractivity contribution is -0.274. The molecule has 2 heterocycles. The highest BCUT2D eigenvalue weighted by atomic mass is 19.4. The van der Waals surface area contributed by atoms with Crippen molar-refractivity contribution in [1.82, 2.24) is 9.97 Å². The molecule has 146 valence electrons. The van der Waals surface area contributed by atoms with Crippen molar-refractivity contribution >= 4 is 10.9 Å². The van der Waals surface area contributed by atoms with Crippen LogP contribution in [0.2, 0.25) is 0 Å². The van der Waals surface area contributed by atoms with Gasteiger partial charge < -0.3 is 9.72 Å². The zero-order valence-corrected chi connectivity index (χ0v) is 15.2. The zero-order valence-electron chi connectivity index (χ0n) is 15.2. The highest BCUT2D eigenvalue weighted by Crippen LogP contribution is 2.28. The second-order valence-corrected chi connectivity index (χ2v) is 6.50. The predicted molar refractivity (Wildman–Crippen MR) is 105 cm³/mol. The SMILES string of the molecule is Cc1c(-c2ccnc(-c3ccc(OC(F)(F)F)cc3)c2)[nH]c2ccccc2c1=O. The molecule has 0 fully saturated rings. The van der Waals surface area contributed by atoms with E-state index in [1.54, 1.807) is 31.3 Å². The summed E-state index contributed by atoms with van der Waals surface area (Å²) in [5.74, 6) is -0.299. The summed E-state index contributed by atoms with van der Waals surface area (Å²) in [5.41, 5.74) is 3.87. The number of aromatic nitrogens is 2. The van der Waals surface area contributed by atoms with Gasteiger partial charge in [0.15, 0.2) is 5.43 Å². The highest BCUT2D eigenvalue weighted by molar-refractivity contribution is 5.83. The fourth-order valence-electron chi connectivity index (χ4n) is 3.19. The Labute approximate surface area is 163 Å². The van der Waals surface area contributed by atoms with E-state index in [-0.39, 0.29) is 11.2 Å². The van der Waals surface area contributed by atoms with Crippen LogP contribution in [-0.4, -0.2) is 16.3 Å². The monoisotopic (exact) mass is 396 g/mol. The summed E-state index contributed by atoms with van der Waals surface area (Å²) in [5, 5.41) is 0.614. The normalized spacial score (nSPS) is 11.6. The molecule has 0 amide bonds. The largest absolute Gasteiger partial charge is 0.573 e. The molecular formula is C22H15F3N2O2. The van der Waals surface area contributed by atoms with Gasteiger partial charge in [-0.25, -0.2) is 0 Å². The minimum absolute atomic E-state index is 0.0543. The number of halogens is 3. The van der Waals surface area contributed by atoms with Crippen LogP contribution in [0.25, 0.3) is 33.4 Å². The van der Waals surface area contributed by atoms with E-state index in [1.165, 1.54) is 24.3 Å². The number of alkyl halides is 3. The number of aromatic amines is 1. The van der Waals surface area contributed by atoms with E-state index in [9.17, 15) is 18.0 Å². The number of ether oxygens (including phenoxy) is 1. The first kappa shape index (κ1) is 18.7. The van der Waals surface area contributed by atoms with Crippen molar-refractivity contribution in [3.05, 3.63) is 82.6 Å². The van der Waals surface area contributed by atoms with Gasteiger partial charge in [0.2, 0.25) is 0 Å². The van der Waals surface area contributed by atoms with E-state index in [2.05, 4.69) is 14.7 Å². The van der Waals surface area contributed by atoms with Gasteiger partial charge in [-0.1, -0.05) is 12.1 Å². The Bertz CT molecular complexity index is 1250. The minimum atomic E-state index is -4.74. The fraction of sp³-hybridized carbons (Fsp3) is 0.0909. The standard InChI is InChI=1S/C22H15F3N2O2/c1-13-20(27-18-5-3-2-4-17(18)21(13)28)15-10-11-26-19(12-15)14-6-8-16(9-7-14)29-22(23,24)25/h2-12H,1H3,(H,27,28). The van der Waals surface area contributed by atoms with Crippen LogP contribution in [0.1, 0.15) is 5.56 Å². The van der Waals surface area contributed by atoms with Gasteiger partial charge in [0, 0.05) is 33.8 Å². The van der Waals surface area contributed by atoms with Crippen molar-refractivity contribution in [3.8, 4) is 28.3 Å². The van der Waals surface area contributed by atoms with Crippen LogP contribution in [-0.2, 0) is 0 Å². The molecule has 0 saturated carbocycles. The maximum atomic E-state index is 12.7. The first-order valence-corrected chi connectivity index (χ1v) is 8.76. The van der Waals surface area contributed by atoms with E-state index < -0.39 is 6.36 Å². The molecule has 4 aromatic rings. The van der Waals surface area contributed by atoms with Crippen LogP contribution in [0.5, 0.6) is 5.75 Å². The molecule has 7 heteroatoms. The van der Waals surface area contributed by atoms with Crippen molar-refractivity contribution in [3.63, 3.8) is 0 Å². The third-order valence-electron chi connectivity index (χ3n) is 4.58. The third-order valence-corrected chi connectivity index (χ3v) is 4.58. The van der Waals surface area contributed by atoms with Gasteiger partial charge in [-0.3, -0.25) is 9.78 Å². The topological polar surface area (TPSA) is 55.0 Å². The fourth-order valence-corrected chi connectivity index (χ4v) is 3.19. The van der Waals surface area contributed by atoms with Gasteiger partial charge in [0.05, 0.1) is 11.4 Å². The molecule has 4 nitrogen and oxygen atoms in total. The Morgan fingerprint density at radius 1 is 0.966 bits per heavy atom. The van der Waals surface area contributed by atoms with Crippen molar-refractivity contribution in [2.24, 2.45) is 0 Å². The molecule has 0 saturated heterocycles. The molecule has 0 spiro atoms. The Balaban J connectivity index is 1.74. The number of nitrogens with one attached hydrogen (secondary N) is 1. The molecule has 29 heavy (non-hydrogen) atoms. The van der Waals surface area contributed by atoms with Gasteiger partial charge in [-0.2, -0.15) is 0 Å². The highest BCUT2D eigenvalue weighted by Gasteiger charge is 2.31. The molecule has 0 aliphatic heterocycles. The van der Waals surface area contributed by atoms with Crippen LogP contribution in [0.4, 0.5) is 13.2 Å². The van der Waals surface area contributed by atoms with Crippen LogP contribution in [0.15, 0.2) is 71.7 Å². The molecule has 4 rings (SSSR count). The Hall–Kier alpha value is -3.61. The van der Waals surface area contributed by atoms with Gasteiger partial charge in [-0.15, -0.1) is 13.2 Å². The summed E-state index contributed by atoms with van der Waals surface area (Å²) in [4.78, 5) is 20.3. The minimum Gasteiger partial charge on any atom is -0.406 e. The first-order chi connectivity index (χ1) is 13.8. The van der Waals surface area contributed by atoms with E-state index in [0.717, 1.165) is 11.1 Å². The molecule has 2 aromatic heterocycles. The number of fused-ring (bicyclic) bond motifs is 1. The smallest absolute Gasteiger partial charge is 0.406 e. The van der Waals surface area contributed by atoms with Gasteiger partial charge in [-0.05, 0) is 55.5 Å². The molecule has 1 N–H and O–H groups in total. The van der Waals surface area contributed by atoms with Crippen LogP contribution >= 0.6 is 0 Å². The maximum absolute atomic E-state index is 12.7. The maximum Gasteiger partial charge on any atom is 0.573 e. The molecule has 0 aliphatic carbocycles. The van der Waals surface area contributed by atoms with Crippen LogP contribution in [0, 0.1) is 6.92 Å². The van der Waals surface area contributed by atoms with Crippen molar-refractivity contribution in [1.29, 1.82) is 0 Å². The van der Waals surface area contributed by atoms with E-state index in [1.807, 2.05) is 18.2 Å². The lowest BCUT2D eigenvalue weighted by Gasteiger charge is -2.11. The van der Waals surface area contributed by atoms with Crippen molar-refractivity contribution in [2.45, 2.75) is 13.3 Å². The number of rotatable bonds is 3. The predicted octanol–water partition coefficient (Wildman–Crippen LogP) is 5.46. The summed E-state index contributed by atoms with van der Waals surface area (Å²) in [6, 6.07) is 16.3. The van der Waals surface area contributed by atoms with Crippen LogP contribution in [0.3, 0.4) is 0 Å². The average molecular weight is 396 g/mol. The molecule has 0 bridgehead atoms. The second-order valence-electron chi connectivity index (χ2n) is 6.50. The van der Waals surface area contributed by atoms with Gasteiger partial charge >= 0.3 is 6.36 Å². The first-order valence-electron chi connectivity index (χ1n) is 8.76. The van der Waals surface area contributed by atoms with Gasteiger partial charge in [0.1, 0.15) is 5.75 Å². The Morgan fingerprint density at radius 2 is 1.69 bits per heavy atom. The van der Waals surface area contributed by atoms with Gasteiger partial charge in [0.25, 0.3) is 0 Å². The molecule has 0 radical (unpaired) electrons. The summed E-state index contributed by atoms with van der Waals surface area (Å²) >= 11 is 0. The van der Waals surface area contributed by atoms with Crippen molar-refractivity contribution < 1.29 is 17.9 Å². The summed E-state index contributed by atoms with van der Waals surface area (Å²) in [7, 11) is 0. The lowest BCUT2D eigenvalue weighted by atomic mass is 10.0. The summed E-state index contributed by atoms with van der Waals surface area (Å²) in [6.45, 7) is 1.75. The number of hydrogen-bond donors (Lipinski definition) is 1. The van der Waals surface area contributed by atoms with Crippen LogP contribution < -0.4 is 10.2 Å². The number of para-hydroxylation sites is 1. The quantitative estimate of drug-likeness (QED) is 0.500. The number of nitrogens with zero attached hydrogens (tertiary/aromatic N) is 1. The van der Waals surface area contributed by atoms with E-state index in [0.29, 0.717) is 27.9 Å². The van der Waals surface area contributed by atoms with E-state index >= 15 is 0 Å². The number of H-pyrrole nitrogens is 1. The molecular weight excluding hydrogens is 381 g/mol. The van der Waals surface area contributed by atoms with Crippen molar-refractivity contribution in [2.75, 3.05) is 0 Å². The Morgan fingerprint density at radius 3 is 2.41 bits per heavy atom. The second kappa shape index (κ2) is 7.09.